The number of hydrogen-bond acceptors (Lipinski definition) is 5. The molecule has 0 radical (unpaired) electrons. The van der Waals surface area contributed by atoms with Crippen molar-refractivity contribution in [2.75, 3.05) is 13.7 Å². The molecule has 0 heterocycles. The Morgan fingerprint density at radius 1 is 1.18 bits per heavy atom. The molecule has 0 aliphatic heterocycles. The van der Waals surface area contributed by atoms with Gasteiger partial charge in [0.15, 0.2) is 0 Å². The van der Waals surface area contributed by atoms with E-state index < -0.39 is 22.0 Å². The van der Waals surface area contributed by atoms with E-state index in [2.05, 4.69) is 10.0 Å². The topological polar surface area (TPSA) is 93.7 Å². The average molecular weight is 427 g/mol. The van der Waals surface area contributed by atoms with Crippen molar-refractivity contribution in [3.05, 3.63) is 53.1 Å². The van der Waals surface area contributed by atoms with E-state index in [9.17, 15) is 13.2 Å². The zero-order chi connectivity index (χ0) is 20.7. The number of nitrogens with one attached hydrogen (secondary N) is 2. The summed E-state index contributed by atoms with van der Waals surface area (Å²) in [4.78, 5) is 12.3. The van der Waals surface area contributed by atoms with Gasteiger partial charge in [0.2, 0.25) is 15.9 Å². The second-order valence-electron chi connectivity index (χ2n) is 5.90. The highest BCUT2D eigenvalue weighted by Crippen LogP contribution is 2.27. The van der Waals surface area contributed by atoms with Crippen LogP contribution in [-0.2, 0) is 21.4 Å². The first-order valence-electron chi connectivity index (χ1n) is 8.62. The molecule has 152 valence electrons. The number of carbonyl (C=O) groups is 1. The molecule has 2 rings (SSSR count). The Bertz CT molecular complexity index is 934. The van der Waals surface area contributed by atoms with E-state index in [-0.39, 0.29) is 16.5 Å². The molecule has 2 N–H and O–H groups in total. The summed E-state index contributed by atoms with van der Waals surface area (Å²) in [6.07, 6.45) is 0. The van der Waals surface area contributed by atoms with Crippen LogP contribution in [-0.4, -0.2) is 34.1 Å². The van der Waals surface area contributed by atoms with Gasteiger partial charge in [-0.25, -0.2) is 8.42 Å². The Hall–Kier alpha value is -2.29. The molecular weight excluding hydrogens is 404 g/mol. The van der Waals surface area contributed by atoms with Crippen LogP contribution in [0.15, 0.2) is 47.4 Å². The molecule has 0 fully saturated rings. The molecule has 9 heteroatoms. The van der Waals surface area contributed by atoms with Crippen molar-refractivity contribution in [2.24, 2.45) is 0 Å². The zero-order valence-electron chi connectivity index (χ0n) is 15.9. The molecule has 2 aromatic rings. The van der Waals surface area contributed by atoms with E-state index in [0.717, 1.165) is 5.56 Å². The Kier molecular flexibility index (Phi) is 7.68. The fraction of sp³-hybridized carbons (Fsp3) is 0.316. The van der Waals surface area contributed by atoms with E-state index in [4.69, 9.17) is 21.1 Å². The second kappa shape index (κ2) is 9.77. The molecule has 0 saturated heterocycles. The van der Waals surface area contributed by atoms with Crippen LogP contribution in [0.25, 0.3) is 0 Å². The summed E-state index contributed by atoms with van der Waals surface area (Å²) in [7, 11) is -2.39. The molecule has 0 aliphatic rings. The lowest BCUT2D eigenvalue weighted by Gasteiger charge is -2.16. The molecule has 0 unspecified atom stereocenters. The summed E-state index contributed by atoms with van der Waals surface area (Å²) in [5.74, 6) is 0.567. The van der Waals surface area contributed by atoms with Crippen molar-refractivity contribution in [2.45, 2.75) is 31.3 Å². The SMILES string of the molecule is CCOc1ccc(S(=O)(=O)N[C@@H](C)C(=O)NCc2ccccc2OC)cc1Cl. The number of sulfonamides is 1. The van der Waals surface area contributed by atoms with E-state index in [1.165, 1.54) is 25.1 Å². The fourth-order valence-corrected chi connectivity index (χ4v) is 3.99. The van der Waals surface area contributed by atoms with Crippen molar-refractivity contribution < 1.29 is 22.7 Å². The zero-order valence-corrected chi connectivity index (χ0v) is 17.4. The molecule has 0 bridgehead atoms. The third-order valence-corrected chi connectivity index (χ3v) is 5.72. The highest BCUT2D eigenvalue weighted by molar-refractivity contribution is 7.89. The van der Waals surface area contributed by atoms with Gasteiger partial charge in [0.1, 0.15) is 11.5 Å². The van der Waals surface area contributed by atoms with E-state index in [1.807, 2.05) is 18.2 Å². The number of benzene rings is 2. The lowest BCUT2D eigenvalue weighted by atomic mass is 10.2. The van der Waals surface area contributed by atoms with Gasteiger partial charge in [-0.05, 0) is 38.1 Å². The first-order valence-corrected chi connectivity index (χ1v) is 10.5. The van der Waals surface area contributed by atoms with Gasteiger partial charge in [0, 0.05) is 12.1 Å². The summed E-state index contributed by atoms with van der Waals surface area (Å²) in [6.45, 7) is 3.89. The Morgan fingerprint density at radius 3 is 2.54 bits per heavy atom. The summed E-state index contributed by atoms with van der Waals surface area (Å²) in [5.41, 5.74) is 0.784. The van der Waals surface area contributed by atoms with Gasteiger partial charge in [-0.1, -0.05) is 29.8 Å². The molecule has 0 saturated carbocycles. The predicted octanol–water partition coefficient (Wildman–Crippen LogP) is 2.73. The van der Waals surface area contributed by atoms with E-state index in [0.29, 0.717) is 18.1 Å². The number of ether oxygens (including phenoxy) is 2. The van der Waals surface area contributed by atoms with Crippen LogP contribution in [0.4, 0.5) is 0 Å². The van der Waals surface area contributed by atoms with E-state index >= 15 is 0 Å². The average Bonchev–Trinajstić information content (AvgIpc) is 2.67. The van der Waals surface area contributed by atoms with Crippen LogP contribution in [0.2, 0.25) is 5.02 Å². The number of carbonyl (C=O) groups excluding carboxylic acids is 1. The maximum atomic E-state index is 12.5. The number of hydrogen-bond donors (Lipinski definition) is 2. The highest BCUT2D eigenvalue weighted by atomic mass is 35.5. The molecule has 7 nitrogen and oxygen atoms in total. The van der Waals surface area contributed by atoms with Crippen molar-refractivity contribution in [3.63, 3.8) is 0 Å². The molecule has 0 spiro atoms. The van der Waals surface area contributed by atoms with Gasteiger partial charge in [-0.15, -0.1) is 0 Å². The van der Waals surface area contributed by atoms with Crippen molar-refractivity contribution in [3.8, 4) is 11.5 Å². The molecule has 1 atom stereocenters. The normalized spacial score (nSPS) is 12.3. The van der Waals surface area contributed by atoms with Gasteiger partial charge in [0.05, 0.1) is 29.7 Å². The van der Waals surface area contributed by atoms with E-state index in [1.54, 1.807) is 20.1 Å². The molecule has 28 heavy (non-hydrogen) atoms. The smallest absolute Gasteiger partial charge is 0.241 e. The largest absolute Gasteiger partial charge is 0.496 e. The maximum absolute atomic E-state index is 12.5. The molecular formula is C19H23ClN2O5S. The third-order valence-electron chi connectivity index (χ3n) is 3.88. The maximum Gasteiger partial charge on any atom is 0.241 e. The minimum absolute atomic E-state index is 0.0506. The molecule has 0 aromatic heterocycles. The monoisotopic (exact) mass is 426 g/mol. The molecule has 0 aliphatic carbocycles. The molecule has 1 amide bonds. The second-order valence-corrected chi connectivity index (χ2v) is 8.02. The summed E-state index contributed by atoms with van der Waals surface area (Å²) in [6, 6.07) is 10.4. The van der Waals surface area contributed by atoms with Crippen LogP contribution in [0.5, 0.6) is 11.5 Å². The minimum atomic E-state index is -3.93. The first-order chi connectivity index (χ1) is 13.3. The van der Waals surface area contributed by atoms with Crippen molar-refractivity contribution in [1.82, 2.24) is 10.0 Å². The number of halogens is 1. The number of para-hydroxylation sites is 1. The fourth-order valence-electron chi connectivity index (χ4n) is 2.46. The van der Waals surface area contributed by atoms with Crippen molar-refractivity contribution >= 4 is 27.5 Å². The first kappa shape index (κ1) is 22.0. The quantitative estimate of drug-likeness (QED) is 0.643. The van der Waals surface area contributed by atoms with Gasteiger partial charge in [0.25, 0.3) is 0 Å². The number of amides is 1. The Balaban J connectivity index is 2.03. The van der Waals surface area contributed by atoms with Gasteiger partial charge in [-0.2, -0.15) is 4.72 Å². The highest BCUT2D eigenvalue weighted by Gasteiger charge is 2.23. The van der Waals surface area contributed by atoms with Gasteiger partial charge in [-0.3, -0.25) is 4.79 Å². The standard InChI is InChI=1S/C19H23ClN2O5S/c1-4-27-18-10-9-15(11-16(18)20)28(24,25)22-13(2)19(23)21-12-14-7-5-6-8-17(14)26-3/h5-11,13,22H,4,12H2,1-3H3,(H,21,23)/t13-/m0/s1. The number of rotatable bonds is 9. The summed E-state index contributed by atoms with van der Waals surface area (Å²) < 4.78 is 37.9. The lowest BCUT2D eigenvalue weighted by molar-refractivity contribution is -0.122. The van der Waals surface area contributed by atoms with Crippen LogP contribution in [0.1, 0.15) is 19.4 Å². The lowest BCUT2D eigenvalue weighted by Crippen LogP contribution is -2.44. The molecule has 2 aromatic carbocycles. The van der Waals surface area contributed by atoms with Crippen molar-refractivity contribution in [1.29, 1.82) is 0 Å². The van der Waals surface area contributed by atoms with Gasteiger partial charge >= 0.3 is 0 Å². The Labute approximate surface area is 170 Å². The predicted molar refractivity (Wildman–Crippen MR) is 107 cm³/mol. The summed E-state index contributed by atoms with van der Waals surface area (Å²) >= 11 is 6.05. The number of methoxy groups -OCH3 is 1. The Morgan fingerprint density at radius 2 is 1.89 bits per heavy atom. The third kappa shape index (κ3) is 5.60. The van der Waals surface area contributed by atoms with Gasteiger partial charge < -0.3 is 14.8 Å². The van der Waals surface area contributed by atoms with Crippen LogP contribution in [0.3, 0.4) is 0 Å². The van der Waals surface area contributed by atoms with Crippen LogP contribution < -0.4 is 19.5 Å². The van der Waals surface area contributed by atoms with Crippen LogP contribution >= 0.6 is 11.6 Å². The minimum Gasteiger partial charge on any atom is -0.496 e. The summed E-state index contributed by atoms with van der Waals surface area (Å²) in [5, 5.41) is 2.87. The van der Waals surface area contributed by atoms with Crippen LogP contribution in [0, 0.1) is 0 Å².